The van der Waals surface area contributed by atoms with Crippen molar-refractivity contribution < 1.29 is 4.74 Å². The summed E-state index contributed by atoms with van der Waals surface area (Å²) in [6.45, 7) is 5.55. The van der Waals surface area contributed by atoms with Gasteiger partial charge in [0.2, 0.25) is 5.88 Å². The van der Waals surface area contributed by atoms with Gasteiger partial charge >= 0.3 is 0 Å². The number of rotatable bonds is 8. The molecule has 0 aliphatic rings. The molecule has 0 aromatic carbocycles. The lowest BCUT2D eigenvalue weighted by Crippen LogP contribution is -2.21. The van der Waals surface area contributed by atoms with Crippen molar-refractivity contribution in [3.8, 4) is 5.88 Å². The number of halogens is 1. The number of nitrogens with zero attached hydrogens (tertiary/aromatic N) is 3. The van der Waals surface area contributed by atoms with Crippen LogP contribution in [0.15, 0.2) is 6.33 Å². The van der Waals surface area contributed by atoms with Crippen LogP contribution in [0.4, 0.5) is 5.82 Å². The van der Waals surface area contributed by atoms with Gasteiger partial charge in [0, 0.05) is 19.5 Å². The van der Waals surface area contributed by atoms with Crippen LogP contribution in [0.5, 0.6) is 5.88 Å². The quantitative estimate of drug-likeness (QED) is 0.538. The summed E-state index contributed by atoms with van der Waals surface area (Å²) in [5.41, 5.74) is 0.999. The third-order valence-corrected chi connectivity index (χ3v) is 3.05. The molecule has 0 aliphatic heterocycles. The Morgan fingerprint density at radius 1 is 1.28 bits per heavy atom. The molecular weight excluding hydrogens is 250 g/mol. The van der Waals surface area contributed by atoms with Crippen molar-refractivity contribution in [2.75, 3.05) is 31.0 Å². The molecule has 0 saturated carbocycles. The molecular formula is C13H22ClN3O. The van der Waals surface area contributed by atoms with E-state index in [1.165, 1.54) is 0 Å². The molecule has 0 atom stereocenters. The van der Waals surface area contributed by atoms with Gasteiger partial charge in [0.25, 0.3) is 0 Å². The van der Waals surface area contributed by atoms with Crippen LogP contribution in [0.3, 0.4) is 0 Å². The van der Waals surface area contributed by atoms with E-state index in [4.69, 9.17) is 16.3 Å². The highest BCUT2D eigenvalue weighted by Gasteiger charge is 2.11. The van der Waals surface area contributed by atoms with Crippen LogP contribution in [-0.2, 0) is 0 Å². The first kappa shape index (κ1) is 15.0. The van der Waals surface area contributed by atoms with Crippen LogP contribution in [-0.4, -0.2) is 36.0 Å². The highest BCUT2D eigenvalue weighted by Crippen LogP contribution is 2.23. The molecule has 0 amide bonds. The molecule has 0 radical (unpaired) electrons. The van der Waals surface area contributed by atoms with Crippen molar-refractivity contribution >= 4 is 17.4 Å². The molecule has 102 valence electrons. The number of anilines is 1. The van der Waals surface area contributed by atoms with Crippen LogP contribution in [0.25, 0.3) is 0 Å². The minimum absolute atomic E-state index is 0.622. The Kier molecular flexibility index (Phi) is 6.80. The Morgan fingerprint density at radius 3 is 2.72 bits per heavy atom. The standard InChI is InChI=1S/C13H22ClN3O/c1-4-18-13-11(2)12(15-10-16-13)17(3)9-7-5-6-8-14/h10H,4-9H2,1-3H3. The molecule has 0 spiro atoms. The van der Waals surface area contributed by atoms with Gasteiger partial charge in [-0.2, -0.15) is 0 Å². The predicted octanol–water partition coefficient (Wildman–Crippen LogP) is 3.03. The van der Waals surface area contributed by atoms with E-state index < -0.39 is 0 Å². The Balaban J connectivity index is 2.61. The molecule has 0 aliphatic carbocycles. The number of alkyl halides is 1. The highest BCUT2D eigenvalue weighted by molar-refractivity contribution is 6.17. The van der Waals surface area contributed by atoms with E-state index >= 15 is 0 Å². The maximum Gasteiger partial charge on any atom is 0.221 e. The van der Waals surface area contributed by atoms with Crippen LogP contribution in [0.2, 0.25) is 0 Å². The summed E-state index contributed by atoms with van der Waals surface area (Å²) < 4.78 is 5.48. The van der Waals surface area contributed by atoms with E-state index in [0.717, 1.165) is 43.1 Å². The number of aromatic nitrogens is 2. The molecule has 0 saturated heterocycles. The largest absolute Gasteiger partial charge is 0.478 e. The third kappa shape index (κ3) is 4.33. The zero-order chi connectivity index (χ0) is 13.4. The molecule has 1 rings (SSSR count). The second kappa shape index (κ2) is 8.14. The van der Waals surface area contributed by atoms with Crippen molar-refractivity contribution in [2.24, 2.45) is 0 Å². The van der Waals surface area contributed by atoms with E-state index in [1.807, 2.05) is 20.9 Å². The van der Waals surface area contributed by atoms with Gasteiger partial charge in [-0.1, -0.05) is 6.42 Å². The Bertz CT molecular complexity index is 360. The predicted molar refractivity (Wildman–Crippen MR) is 75.8 cm³/mol. The number of hydrogen-bond acceptors (Lipinski definition) is 4. The van der Waals surface area contributed by atoms with E-state index in [0.29, 0.717) is 12.5 Å². The number of unbranched alkanes of at least 4 members (excludes halogenated alkanes) is 2. The molecule has 0 unspecified atom stereocenters. The summed E-state index contributed by atoms with van der Waals surface area (Å²) in [6, 6.07) is 0. The fraction of sp³-hybridized carbons (Fsp3) is 0.692. The van der Waals surface area contributed by atoms with E-state index in [2.05, 4.69) is 14.9 Å². The lowest BCUT2D eigenvalue weighted by atomic mass is 10.2. The van der Waals surface area contributed by atoms with E-state index in [-0.39, 0.29) is 0 Å². The molecule has 0 N–H and O–H groups in total. The first-order valence-corrected chi connectivity index (χ1v) is 6.95. The average Bonchev–Trinajstić information content (AvgIpc) is 2.37. The van der Waals surface area contributed by atoms with Crippen LogP contribution < -0.4 is 9.64 Å². The van der Waals surface area contributed by atoms with Crippen molar-refractivity contribution in [3.05, 3.63) is 11.9 Å². The fourth-order valence-electron chi connectivity index (χ4n) is 1.82. The van der Waals surface area contributed by atoms with Gasteiger partial charge in [-0.25, -0.2) is 9.97 Å². The van der Waals surface area contributed by atoms with Gasteiger partial charge < -0.3 is 9.64 Å². The van der Waals surface area contributed by atoms with Crippen LogP contribution >= 0.6 is 11.6 Å². The smallest absolute Gasteiger partial charge is 0.221 e. The molecule has 4 nitrogen and oxygen atoms in total. The Labute approximate surface area is 114 Å². The molecule has 5 heteroatoms. The average molecular weight is 272 g/mol. The summed E-state index contributed by atoms with van der Waals surface area (Å²) in [5, 5.41) is 0. The minimum atomic E-state index is 0.622. The third-order valence-electron chi connectivity index (χ3n) is 2.78. The zero-order valence-corrected chi connectivity index (χ0v) is 12.2. The topological polar surface area (TPSA) is 38.3 Å². The van der Waals surface area contributed by atoms with Crippen molar-refractivity contribution in [1.82, 2.24) is 9.97 Å². The first-order chi connectivity index (χ1) is 8.70. The minimum Gasteiger partial charge on any atom is -0.478 e. The van der Waals surface area contributed by atoms with Crippen molar-refractivity contribution in [3.63, 3.8) is 0 Å². The number of hydrogen-bond donors (Lipinski definition) is 0. The van der Waals surface area contributed by atoms with Gasteiger partial charge in [-0.05, 0) is 26.7 Å². The molecule has 0 bridgehead atoms. The monoisotopic (exact) mass is 271 g/mol. The molecule has 1 aromatic rings. The Hall–Kier alpha value is -1.03. The highest BCUT2D eigenvalue weighted by atomic mass is 35.5. The van der Waals surface area contributed by atoms with E-state index in [9.17, 15) is 0 Å². The van der Waals surface area contributed by atoms with Crippen molar-refractivity contribution in [1.29, 1.82) is 0 Å². The summed E-state index contributed by atoms with van der Waals surface area (Å²) in [7, 11) is 2.05. The lowest BCUT2D eigenvalue weighted by molar-refractivity contribution is 0.323. The lowest BCUT2D eigenvalue weighted by Gasteiger charge is -2.20. The van der Waals surface area contributed by atoms with Gasteiger partial charge in [0.15, 0.2) is 0 Å². The van der Waals surface area contributed by atoms with Crippen LogP contribution in [0.1, 0.15) is 31.7 Å². The normalized spacial score (nSPS) is 10.4. The SMILES string of the molecule is CCOc1ncnc(N(C)CCCCCCl)c1C. The summed E-state index contributed by atoms with van der Waals surface area (Å²) in [4.78, 5) is 10.6. The summed E-state index contributed by atoms with van der Waals surface area (Å²) in [5.74, 6) is 2.36. The zero-order valence-electron chi connectivity index (χ0n) is 11.4. The molecule has 1 aromatic heterocycles. The molecule has 0 fully saturated rings. The second-order valence-corrected chi connectivity index (χ2v) is 4.61. The second-order valence-electron chi connectivity index (χ2n) is 4.23. The fourth-order valence-corrected chi connectivity index (χ4v) is 2.01. The van der Waals surface area contributed by atoms with E-state index in [1.54, 1.807) is 6.33 Å². The van der Waals surface area contributed by atoms with Gasteiger partial charge in [0.05, 0.1) is 12.2 Å². The maximum atomic E-state index is 5.66. The first-order valence-electron chi connectivity index (χ1n) is 6.42. The van der Waals surface area contributed by atoms with Gasteiger partial charge in [-0.3, -0.25) is 0 Å². The number of ether oxygens (including phenoxy) is 1. The maximum absolute atomic E-state index is 5.66. The van der Waals surface area contributed by atoms with Gasteiger partial charge in [-0.15, -0.1) is 11.6 Å². The van der Waals surface area contributed by atoms with Crippen molar-refractivity contribution in [2.45, 2.75) is 33.1 Å². The van der Waals surface area contributed by atoms with Crippen LogP contribution in [0, 0.1) is 6.92 Å². The molecule has 18 heavy (non-hydrogen) atoms. The van der Waals surface area contributed by atoms with Gasteiger partial charge in [0.1, 0.15) is 12.1 Å². The summed E-state index contributed by atoms with van der Waals surface area (Å²) >= 11 is 5.66. The summed E-state index contributed by atoms with van der Waals surface area (Å²) in [6.07, 6.45) is 4.90. The molecule has 1 heterocycles. The Morgan fingerprint density at radius 2 is 2.06 bits per heavy atom.